The zero-order valence-electron chi connectivity index (χ0n) is 14.5. The number of anilines is 1. The minimum Gasteiger partial charge on any atom is -0.367 e. The number of para-hydroxylation sites is 2. The van der Waals surface area contributed by atoms with Gasteiger partial charge in [0.15, 0.2) is 0 Å². The number of nitro benzene ring substituents is 1. The molecule has 7 nitrogen and oxygen atoms in total. The number of hydrogen-bond acceptors (Lipinski definition) is 4. The maximum Gasteiger partial charge on any atom is 0.331 e. The van der Waals surface area contributed by atoms with Gasteiger partial charge < -0.3 is 10.2 Å². The van der Waals surface area contributed by atoms with Crippen LogP contribution in [0.4, 0.5) is 16.2 Å². The van der Waals surface area contributed by atoms with Crippen molar-refractivity contribution in [2.75, 3.05) is 18.0 Å². The molecule has 2 amide bonds. The fourth-order valence-electron chi connectivity index (χ4n) is 3.37. The number of carbonyl (C=O) groups excluding carboxylic acids is 1. The molecule has 0 aliphatic carbocycles. The van der Waals surface area contributed by atoms with E-state index >= 15 is 0 Å². The Bertz CT molecular complexity index is 953. The second-order valence-electron chi connectivity index (χ2n) is 6.36. The summed E-state index contributed by atoms with van der Waals surface area (Å²) in [5.74, 6) is 0.612. The molecule has 0 atom stereocenters. The van der Waals surface area contributed by atoms with E-state index in [-0.39, 0.29) is 17.4 Å². The molecule has 7 heteroatoms. The topological polar surface area (TPSA) is 78.7 Å². The van der Waals surface area contributed by atoms with Crippen molar-refractivity contribution >= 4 is 17.4 Å². The molecule has 0 spiro atoms. The van der Waals surface area contributed by atoms with Gasteiger partial charge >= 0.3 is 6.03 Å². The number of dihydropyridines is 1. The second-order valence-corrected chi connectivity index (χ2v) is 6.36. The van der Waals surface area contributed by atoms with Crippen molar-refractivity contribution in [2.45, 2.75) is 6.54 Å². The molecule has 2 aromatic carbocycles. The van der Waals surface area contributed by atoms with Gasteiger partial charge in [-0.2, -0.15) is 0 Å². The van der Waals surface area contributed by atoms with E-state index in [4.69, 9.17) is 0 Å². The fraction of sp³-hybridized carbons (Fsp3) is 0.150. The third-order valence-electron chi connectivity index (χ3n) is 4.59. The highest BCUT2D eigenvalue weighted by atomic mass is 16.6. The molecular formula is C20H18N4O3. The molecule has 2 heterocycles. The van der Waals surface area contributed by atoms with Gasteiger partial charge in [0.25, 0.3) is 5.69 Å². The lowest BCUT2D eigenvalue weighted by molar-refractivity contribution is -0.384. The first kappa shape index (κ1) is 16.8. The minimum atomic E-state index is -0.461. The highest BCUT2D eigenvalue weighted by Gasteiger charge is 2.36. The van der Waals surface area contributed by atoms with Gasteiger partial charge in [-0.25, -0.2) is 9.69 Å². The molecule has 0 fully saturated rings. The third kappa shape index (κ3) is 3.15. The average molecular weight is 362 g/mol. The molecule has 0 bridgehead atoms. The molecule has 0 radical (unpaired) electrons. The number of nitrogens with one attached hydrogen (secondary N) is 1. The predicted molar refractivity (Wildman–Crippen MR) is 102 cm³/mol. The number of nitro groups is 1. The first-order chi connectivity index (χ1) is 13.1. The Kier molecular flexibility index (Phi) is 4.33. The summed E-state index contributed by atoms with van der Waals surface area (Å²) in [7, 11) is 0. The van der Waals surface area contributed by atoms with E-state index in [0.717, 1.165) is 11.1 Å². The first-order valence-electron chi connectivity index (χ1n) is 8.65. The Balaban J connectivity index is 1.78. The van der Waals surface area contributed by atoms with Gasteiger partial charge in [-0.05, 0) is 11.6 Å². The zero-order valence-corrected chi connectivity index (χ0v) is 14.5. The quantitative estimate of drug-likeness (QED) is 0.668. The van der Waals surface area contributed by atoms with Crippen LogP contribution in [0.5, 0.6) is 0 Å². The van der Waals surface area contributed by atoms with Gasteiger partial charge in [0.2, 0.25) is 0 Å². The summed E-state index contributed by atoms with van der Waals surface area (Å²) in [4.78, 5) is 27.5. The van der Waals surface area contributed by atoms with Crippen LogP contribution in [0.15, 0.2) is 78.1 Å². The molecule has 2 aliphatic rings. The van der Waals surface area contributed by atoms with Crippen LogP contribution in [0.25, 0.3) is 0 Å². The second kappa shape index (κ2) is 6.95. The van der Waals surface area contributed by atoms with Gasteiger partial charge in [0.1, 0.15) is 11.5 Å². The maximum atomic E-state index is 13.3. The molecule has 136 valence electrons. The largest absolute Gasteiger partial charge is 0.367 e. The molecule has 0 saturated heterocycles. The zero-order chi connectivity index (χ0) is 18.8. The molecular weight excluding hydrogens is 344 g/mol. The van der Waals surface area contributed by atoms with Crippen LogP contribution in [0.3, 0.4) is 0 Å². The molecule has 0 unspecified atom stereocenters. The molecule has 27 heavy (non-hydrogen) atoms. The van der Waals surface area contributed by atoms with E-state index in [1.807, 2.05) is 42.5 Å². The van der Waals surface area contributed by atoms with Crippen molar-refractivity contribution in [1.29, 1.82) is 0 Å². The summed E-state index contributed by atoms with van der Waals surface area (Å²) in [6.07, 6.45) is 3.95. The van der Waals surface area contributed by atoms with Gasteiger partial charge in [0.05, 0.1) is 11.5 Å². The number of urea groups is 1. The summed E-state index contributed by atoms with van der Waals surface area (Å²) in [6.45, 7) is 1.45. The van der Waals surface area contributed by atoms with Crippen LogP contribution in [0, 0.1) is 10.1 Å². The Labute approximate surface area is 156 Å². The highest BCUT2D eigenvalue weighted by molar-refractivity contribution is 5.99. The smallest absolute Gasteiger partial charge is 0.331 e. The monoisotopic (exact) mass is 362 g/mol. The number of rotatable bonds is 4. The molecule has 2 aliphatic heterocycles. The fourth-order valence-corrected chi connectivity index (χ4v) is 3.37. The number of benzene rings is 2. The van der Waals surface area contributed by atoms with Crippen molar-refractivity contribution in [3.8, 4) is 0 Å². The SMILES string of the molecule is O=C1N(Cc2ccccc2)CC2=C(NCC=C2)N1c1ccccc1[N+](=O)[O-]. The summed E-state index contributed by atoms with van der Waals surface area (Å²) in [5.41, 5.74) is 2.09. The number of amides is 2. The van der Waals surface area contributed by atoms with E-state index in [2.05, 4.69) is 5.32 Å². The normalized spacial score (nSPS) is 16.2. The van der Waals surface area contributed by atoms with Crippen LogP contribution in [0.1, 0.15) is 5.56 Å². The minimum absolute atomic E-state index is 0.101. The van der Waals surface area contributed by atoms with E-state index in [1.54, 1.807) is 23.1 Å². The molecule has 0 saturated carbocycles. The molecule has 4 rings (SSSR count). The summed E-state index contributed by atoms with van der Waals surface area (Å²) < 4.78 is 0. The van der Waals surface area contributed by atoms with E-state index in [0.29, 0.717) is 25.5 Å². The molecule has 1 N–H and O–H groups in total. The van der Waals surface area contributed by atoms with E-state index in [9.17, 15) is 14.9 Å². The van der Waals surface area contributed by atoms with Crippen LogP contribution < -0.4 is 10.2 Å². The predicted octanol–water partition coefficient (Wildman–Crippen LogP) is 3.41. The number of hydrogen-bond donors (Lipinski definition) is 1. The average Bonchev–Trinajstić information content (AvgIpc) is 2.69. The Morgan fingerprint density at radius 2 is 1.81 bits per heavy atom. The van der Waals surface area contributed by atoms with Crippen molar-refractivity contribution in [3.05, 3.63) is 93.8 Å². The van der Waals surface area contributed by atoms with Gasteiger partial charge in [0, 0.05) is 24.7 Å². The molecule has 0 aromatic heterocycles. The molecule has 2 aromatic rings. The lowest BCUT2D eigenvalue weighted by atomic mass is 10.1. The number of carbonyl (C=O) groups is 1. The van der Waals surface area contributed by atoms with Crippen LogP contribution in [-0.2, 0) is 6.54 Å². The van der Waals surface area contributed by atoms with Crippen LogP contribution in [0.2, 0.25) is 0 Å². The standard InChI is InChI=1S/C20H18N4O3/c25-20-22(13-15-7-2-1-3-8-15)14-16-9-6-12-21-19(16)23(20)17-10-4-5-11-18(17)24(26)27/h1-11,21H,12-14H2. The lowest BCUT2D eigenvalue weighted by Crippen LogP contribution is -2.52. The van der Waals surface area contributed by atoms with Gasteiger partial charge in [-0.1, -0.05) is 54.6 Å². The summed E-state index contributed by atoms with van der Waals surface area (Å²) >= 11 is 0. The lowest BCUT2D eigenvalue weighted by Gasteiger charge is -2.39. The van der Waals surface area contributed by atoms with Crippen molar-refractivity contribution < 1.29 is 9.72 Å². The van der Waals surface area contributed by atoms with Crippen molar-refractivity contribution in [3.63, 3.8) is 0 Å². The van der Waals surface area contributed by atoms with E-state index in [1.165, 1.54) is 11.0 Å². The van der Waals surface area contributed by atoms with Crippen molar-refractivity contribution in [2.24, 2.45) is 0 Å². The van der Waals surface area contributed by atoms with Gasteiger partial charge in [-0.15, -0.1) is 0 Å². The van der Waals surface area contributed by atoms with Crippen molar-refractivity contribution in [1.82, 2.24) is 10.2 Å². The Morgan fingerprint density at radius 3 is 2.59 bits per heavy atom. The Hall–Kier alpha value is -3.61. The first-order valence-corrected chi connectivity index (χ1v) is 8.65. The van der Waals surface area contributed by atoms with E-state index < -0.39 is 4.92 Å². The van der Waals surface area contributed by atoms with Gasteiger partial charge in [-0.3, -0.25) is 10.1 Å². The highest BCUT2D eigenvalue weighted by Crippen LogP contribution is 2.34. The third-order valence-corrected chi connectivity index (χ3v) is 4.59. The maximum absolute atomic E-state index is 13.3. The van der Waals surface area contributed by atoms with Crippen LogP contribution >= 0.6 is 0 Å². The summed E-state index contributed by atoms with van der Waals surface area (Å²) in [6, 6.07) is 15.7. The number of nitrogens with zero attached hydrogens (tertiary/aromatic N) is 3. The summed E-state index contributed by atoms with van der Waals surface area (Å²) in [5, 5.41) is 14.7. The Morgan fingerprint density at radius 1 is 1.07 bits per heavy atom. The van der Waals surface area contributed by atoms with Crippen LogP contribution in [-0.4, -0.2) is 28.9 Å².